The molecule has 134 valence electrons. The van der Waals surface area contributed by atoms with Crippen molar-refractivity contribution in [1.29, 1.82) is 0 Å². The Morgan fingerprint density at radius 1 is 0.960 bits per heavy atom. The molecule has 0 bridgehead atoms. The number of carboxylic acid groups (broad SMARTS) is 1. The molecular formula is C19H22O6. The molecule has 0 saturated carbocycles. The molecule has 0 atom stereocenters. The maximum absolute atomic E-state index is 11.4. The largest absolute Gasteiger partial charge is 0.478 e. The van der Waals surface area contributed by atoms with Crippen LogP contribution < -0.4 is 0 Å². The first kappa shape index (κ1) is 20.2. The molecule has 0 saturated heterocycles. The van der Waals surface area contributed by atoms with Gasteiger partial charge < -0.3 is 14.6 Å². The van der Waals surface area contributed by atoms with E-state index < -0.39 is 17.9 Å². The zero-order valence-electron chi connectivity index (χ0n) is 14.0. The number of ether oxygens (including phenoxy) is 2. The third-order valence-corrected chi connectivity index (χ3v) is 3.49. The van der Waals surface area contributed by atoms with Crippen LogP contribution in [0.1, 0.15) is 34.3 Å². The molecule has 0 heterocycles. The summed E-state index contributed by atoms with van der Waals surface area (Å²) < 4.78 is 9.85. The zero-order valence-corrected chi connectivity index (χ0v) is 14.0. The number of hydrogen-bond acceptors (Lipinski definition) is 5. The van der Waals surface area contributed by atoms with E-state index in [0.717, 1.165) is 17.7 Å². The highest BCUT2D eigenvalue weighted by molar-refractivity contribution is 5.89. The summed E-state index contributed by atoms with van der Waals surface area (Å²) in [5.41, 5.74) is 1.82. The van der Waals surface area contributed by atoms with Crippen molar-refractivity contribution in [2.45, 2.75) is 25.7 Å². The molecule has 1 aromatic rings. The molecule has 1 rings (SSSR count). The van der Waals surface area contributed by atoms with Gasteiger partial charge in [-0.3, -0.25) is 0 Å². The van der Waals surface area contributed by atoms with Gasteiger partial charge in [0.25, 0.3) is 0 Å². The van der Waals surface area contributed by atoms with Crippen molar-refractivity contribution in [2.75, 3.05) is 13.2 Å². The van der Waals surface area contributed by atoms with Crippen molar-refractivity contribution in [3.63, 3.8) is 0 Å². The Labute approximate surface area is 146 Å². The molecule has 0 radical (unpaired) electrons. The van der Waals surface area contributed by atoms with Crippen molar-refractivity contribution in [2.24, 2.45) is 0 Å². The van der Waals surface area contributed by atoms with Gasteiger partial charge in [-0.15, -0.1) is 0 Å². The number of benzene rings is 1. The monoisotopic (exact) mass is 346 g/mol. The summed E-state index contributed by atoms with van der Waals surface area (Å²) in [4.78, 5) is 33.5. The highest BCUT2D eigenvalue weighted by atomic mass is 16.5. The minimum absolute atomic E-state index is 0.190. The maximum atomic E-state index is 11.4. The highest BCUT2D eigenvalue weighted by Crippen LogP contribution is 2.19. The number of aromatic carboxylic acids is 1. The Morgan fingerprint density at radius 3 is 2.04 bits per heavy atom. The molecule has 1 N–H and O–H groups in total. The summed E-state index contributed by atoms with van der Waals surface area (Å²) >= 11 is 0. The number of carbonyl (C=O) groups is 3. The van der Waals surface area contributed by atoms with Gasteiger partial charge in [0, 0.05) is 12.2 Å². The average molecular weight is 346 g/mol. The van der Waals surface area contributed by atoms with E-state index in [4.69, 9.17) is 9.47 Å². The normalized spacial score (nSPS) is 9.92. The lowest BCUT2D eigenvalue weighted by atomic mass is 9.94. The van der Waals surface area contributed by atoms with Gasteiger partial charge in [-0.25, -0.2) is 14.4 Å². The van der Waals surface area contributed by atoms with Gasteiger partial charge in [-0.1, -0.05) is 25.3 Å². The molecule has 25 heavy (non-hydrogen) atoms. The number of esters is 2. The van der Waals surface area contributed by atoms with Crippen LogP contribution in [0.2, 0.25) is 0 Å². The van der Waals surface area contributed by atoms with Gasteiger partial charge in [0.2, 0.25) is 0 Å². The summed E-state index contributed by atoms with van der Waals surface area (Å²) in [5, 5.41) is 9.37. The van der Waals surface area contributed by atoms with Gasteiger partial charge in [0.15, 0.2) is 0 Å². The molecule has 0 amide bonds. The zero-order chi connectivity index (χ0) is 18.7. The van der Waals surface area contributed by atoms with Crippen molar-refractivity contribution >= 4 is 17.9 Å². The summed E-state index contributed by atoms with van der Waals surface area (Å²) in [5.74, 6) is -1.99. The molecule has 6 heteroatoms. The number of carbonyl (C=O) groups excluding carboxylic acids is 2. The minimum Gasteiger partial charge on any atom is -0.478 e. The molecule has 0 aliphatic carbocycles. The predicted octanol–water partition coefficient (Wildman–Crippen LogP) is 2.71. The van der Waals surface area contributed by atoms with Crippen LogP contribution in [0.4, 0.5) is 0 Å². The molecular weight excluding hydrogens is 324 g/mol. The molecule has 0 aliphatic heterocycles. The Bertz CT molecular complexity index is 647. The molecule has 0 unspecified atom stereocenters. The number of aryl methyl sites for hydroxylation is 1. The van der Waals surface area contributed by atoms with Gasteiger partial charge in [-0.05, 0) is 42.9 Å². The second-order valence-electron chi connectivity index (χ2n) is 5.20. The van der Waals surface area contributed by atoms with Gasteiger partial charge in [0.05, 0.1) is 18.8 Å². The smallest absolute Gasteiger partial charge is 0.335 e. The Hall–Kier alpha value is -2.89. The van der Waals surface area contributed by atoms with Crippen LogP contribution >= 0.6 is 0 Å². The SMILES string of the molecule is C=CC(=O)OCCCc1cccc(C(=O)O)c1CCCOC(=O)C=C. The predicted molar refractivity (Wildman–Crippen MR) is 92.4 cm³/mol. The maximum Gasteiger partial charge on any atom is 0.335 e. The van der Waals surface area contributed by atoms with E-state index in [-0.39, 0.29) is 18.8 Å². The Morgan fingerprint density at radius 2 is 1.52 bits per heavy atom. The lowest BCUT2D eigenvalue weighted by molar-refractivity contribution is -0.138. The van der Waals surface area contributed by atoms with Crippen molar-refractivity contribution < 1.29 is 29.0 Å². The first-order chi connectivity index (χ1) is 12.0. The fourth-order valence-electron chi connectivity index (χ4n) is 2.34. The third kappa shape index (κ3) is 7.03. The quantitative estimate of drug-likeness (QED) is 0.376. The Kier molecular flexibility index (Phi) is 8.71. The summed E-state index contributed by atoms with van der Waals surface area (Å²) in [6.45, 7) is 7.06. The van der Waals surface area contributed by atoms with E-state index in [9.17, 15) is 19.5 Å². The summed E-state index contributed by atoms with van der Waals surface area (Å²) in [6.07, 6.45) is 4.30. The van der Waals surface area contributed by atoms with Crippen LogP contribution in [0.15, 0.2) is 43.5 Å². The van der Waals surface area contributed by atoms with Crippen molar-refractivity contribution in [3.8, 4) is 0 Å². The molecule has 6 nitrogen and oxygen atoms in total. The van der Waals surface area contributed by atoms with E-state index >= 15 is 0 Å². The molecule has 0 spiro atoms. The number of carboxylic acids is 1. The van der Waals surface area contributed by atoms with E-state index in [0.29, 0.717) is 31.2 Å². The summed E-state index contributed by atoms with van der Waals surface area (Å²) in [6, 6.07) is 5.09. The second kappa shape index (κ2) is 10.8. The minimum atomic E-state index is -1.00. The first-order valence-electron chi connectivity index (χ1n) is 7.92. The topological polar surface area (TPSA) is 89.9 Å². The van der Waals surface area contributed by atoms with Crippen LogP contribution in [0.3, 0.4) is 0 Å². The van der Waals surface area contributed by atoms with Gasteiger partial charge in [0.1, 0.15) is 0 Å². The van der Waals surface area contributed by atoms with Crippen LogP contribution in [-0.4, -0.2) is 36.2 Å². The lowest BCUT2D eigenvalue weighted by Crippen LogP contribution is -2.10. The van der Waals surface area contributed by atoms with Crippen LogP contribution in [0.25, 0.3) is 0 Å². The van der Waals surface area contributed by atoms with Gasteiger partial charge >= 0.3 is 17.9 Å². The average Bonchev–Trinajstić information content (AvgIpc) is 2.61. The summed E-state index contributed by atoms with van der Waals surface area (Å²) in [7, 11) is 0. The molecule has 0 aromatic heterocycles. The molecule has 0 aliphatic rings. The van der Waals surface area contributed by atoms with E-state index in [1.54, 1.807) is 12.1 Å². The van der Waals surface area contributed by atoms with E-state index in [1.807, 2.05) is 6.07 Å². The molecule has 0 fully saturated rings. The van der Waals surface area contributed by atoms with Crippen LogP contribution in [-0.2, 0) is 31.9 Å². The second-order valence-corrected chi connectivity index (χ2v) is 5.20. The first-order valence-corrected chi connectivity index (χ1v) is 7.92. The Balaban J connectivity index is 2.72. The van der Waals surface area contributed by atoms with Crippen molar-refractivity contribution in [3.05, 3.63) is 60.2 Å². The standard InChI is InChI=1S/C19H22O6/c1-3-17(20)24-12-6-9-14-8-5-10-16(19(22)23)15(14)11-7-13-25-18(21)4-2/h3-5,8,10H,1-2,6-7,9,11-13H2,(H,22,23). The van der Waals surface area contributed by atoms with Gasteiger partial charge in [-0.2, -0.15) is 0 Å². The van der Waals surface area contributed by atoms with Crippen LogP contribution in [0.5, 0.6) is 0 Å². The van der Waals surface area contributed by atoms with Crippen LogP contribution in [0, 0.1) is 0 Å². The van der Waals surface area contributed by atoms with Crippen molar-refractivity contribution in [1.82, 2.24) is 0 Å². The molecule has 1 aromatic carbocycles. The lowest BCUT2D eigenvalue weighted by Gasteiger charge is -2.13. The third-order valence-electron chi connectivity index (χ3n) is 3.49. The fraction of sp³-hybridized carbons (Fsp3) is 0.316. The highest BCUT2D eigenvalue weighted by Gasteiger charge is 2.14. The fourth-order valence-corrected chi connectivity index (χ4v) is 2.34. The van der Waals surface area contributed by atoms with E-state index in [1.165, 1.54) is 0 Å². The number of hydrogen-bond donors (Lipinski definition) is 1. The van der Waals surface area contributed by atoms with E-state index in [2.05, 4.69) is 13.2 Å². The number of rotatable bonds is 11.